The van der Waals surface area contributed by atoms with Crippen molar-refractivity contribution in [3.63, 3.8) is 0 Å². The van der Waals surface area contributed by atoms with Gasteiger partial charge in [-0.25, -0.2) is 0 Å². The maximum Gasteiger partial charge on any atom is 0.182 e. The minimum atomic E-state index is -0.0862. The molecule has 5 heteroatoms. The molecule has 0 aliphatic carbocycles. The molecule has 3 rings (SSSR count). The molecule has 0 aliphatic rings. The molecule has 0 bridgehead atoms. The van der Waals surface area contributed by atoms with Gasteiger partial charge in [0.25, 0.3) is 0 Å². The van der Waals surface area contributed by atoms with Gasteiger partial charge >= 0.3 is 0 Å². The Balaban J connectivity index is 1.93. The number of nitrogens with two attached hydrogens (primary N) is 1. The topological polar surface area (TPSA) is 69.1 Å². The fourth-order valence-electron chi connectivity index (χ4n) is 2.16. The third-order valence-electron chi connectivity index (χ3n) is 3.21. The van der Waals surface area contributed by atoms with Crippen molar-refractivity contribution in [3.8, 4) is 0 Å². The zero-order valence-corrected chi connectivity index (χ0v) is 10.7. The van der Waals surface area contributed by atoms with E-state index < -0.39 is 0 Å². The lowest BCUT2D eigenvalue weighted by Crippen LogP contribution is -2.14. The molecule has 96 valence electrons. The van der Waals surface area contributed by atoms with Crippen molar-refractivity contribution < 1.29 is 0 Å². The van der Waals surface area contributed by atoms with Gasteiger partial charge in [0.05, 0.1) is 5.69 Å². The molecule has 2 aromatic heterocycles. The Bertz CT molecular complexity index is 689. The van der Waals surface area contributed by atoms with Crippen LogP contribution in [0.5, 0.6) is 0 Å². The molecular weight excluding hydrogens is 238 g/mol. The van der Waals surface area contributed by atoms with E-state index in [0.717, 1.165) is 22.7 Å². The van der Waals surface area contributed by atoms with Crippen molar-refractivity contribution in [1.29, 1.82) is 0 Å². The van der Waals surface area contributed by atoms with Crippen LogP contribution in [0.4, 0.5) is 0 Å². The summed E-state index contributed by atoms with van der Waals surface area (Å²) in [5, 5.41) is 8.23. The van der Waals surface area contributed by atoms with Crippen LogP contribution in [-0.4, -0.2) is 19.6 Å². The second kappa shape index (κ2) is 4.78. The Morgan fingerprint density at radius 3 is 2.79 bits per heavy atom. The van der Waals surface area contributed by atoms with Gasteiger partial charge in [-0.05, 0) is 12.5 Å². The summed E-state index contributed by atoms with van der Waals surface area (Å²) in [5.41, 5.74) is 8.99. The molecular formula is C14H15N5. The van der Waals surface area contributed by atoms with Crippen molar-refractivity contribution in [3.05, 3.63) is 59.8 Å². The first kappa shape index (κ1) is 11.8. The van der Waals surface area contributed by atoms with Crippen LogP contribution in [0.2, 0.25) is 0 Å². The van der Waals surface area contributed by atoms with Crippen LogP contribution in [-0.2, 0) is 6.42 Å². The molecule has 0 aliphatic heterocycles. The molecule has 19 heavy (non-hydrogen) atoms. The van der Waals surface area contributed by atoms with Gasteiger partial charge in [0.15, 0.2) is 5.65 Å². The molecule has 1 aromatic carbocycles. The van der Waals surface area contributed by atoms with Crippen LogP contribution >= 0.6 is 0 Å². The largest absolute Gasteiger partial charge is 0.324 e. The van der Waals surface area contributed by atoms with Crippen molar-refractivity contribution in [2.45, 2.75) is 19.4 Å². The monoisotopic (exact) mass is 253 g/mol. The number of hydrogen-bond acceptors (Lipinski definition) is 4. The third-order valence-corrected chi connectivity index (χ3v) is 3.21. The first-order chi connectivity index (χ1) is 9.25. The molecule has 0 amide bonds. The van der Waals surface area contributed by atoms with Gasteiger partial charge in [-0.3, -0.25) is 9.38 Å². The average molecular weight is 253 g/mol. The highest BCUT2D eigenvalue weighted by Gasteiger charge is 2.12. The fraction of sp³-hybridized carbons (Fsp3) is 0.214. The van der Waals surface area contributed by atoms with Crippen molar-refractivity contribution in [2.75, 3.05) is 0 Å². The molecule has 0 saturated heterocycles. The molecule has 5 nitrogen and oxygen atoms in total. The Morgan fingerprint density at radius 2 is 2.00 bits per heavy atom. The summed E-state index contributed by atoms with van der Waals surface area (Å²) < 4.78 is 1.93. The number of benzene rings is 1. The Morgan fingerprint density at radius 1 is 1.21 bits per heavy atom. The second-order valence-electron chi connectivity index (χ2n) is 4.54. The minimum Gasteiger partial charge on any atom is -0.324 e. The number of rotatable bonds is 3. The summed E-state index contributed by atoms with van der Waals surface area (Å²) in [4.78, 5) is 4.38. The number of hydrogen-bond donors (Lipinski definition) is 1. The van der Waals surface area contributed by atoms with E-state index in [4.69, 9.17) is 5.73 Å². The molecule has 2 N–H and O–H groups in total. The lowest BCUT2D eigenvalue weighted by atomic mass is 10.0. The molecule has 3 aromatic rings. The van der Waals surface area contributed by atoms with E-state index in [0.29, 0.717) is 6.42 Å². The summed E-state index contributed by atoms with van der Waals surface area (Å²) >= 11 is 0. The van der Waals surface area contributed by atoms with Crippen molar-refractivity contribution >= 4 is 5.65 Å². The van der Waals surface area contributed by atoms with Crippen LogP contribution in [0.3, 0.4) is 0 Å². The quantitative estimate of drug-likeness (QED) is 0.771. The molecule has 2 heterocycles. The van der Waals surface area contributed by atoms with Crippen molar-refractivity contribution in [1.82, 2.24) is 19.6 Å². The number of aromatic nitrogens is 4. The highest BCUT2D eigenvalue weighted by Crippen LogP contribution is 2.17. The summed E-state index contributed by atoms with van der Waals surface area (Å²) in [6, 6.07) is 9.93. The summed E-state index contributed by atoms with van der Waals surface area (Å²) in [7, 11) is 0. The van der Waals surface area contributed by atoms with Crippen LogP contribution in [0, 0.1) is 6.92 Å². The third kappa shape index (κ3) is 2.20. The zero-order valence-electron chi connectivity index (χ0n) is 10.7. The Hall–Kier alpha value is -2.27. The summed E-state index contributed by atoms with van der Waals surface area (Å²) in [6.45, 7) is 1.92. The fourth-order valence-corrected chi connectivity index (χ4v) is 2.16. The highest BCUT2D eigenvalue weighted by atomic mass is 15.2. The first-order valence-corrected chi connectivity index (χ1v) is 6.21. The summed E-state index contributed by atoms with van der Waals surface area (Å²) in [5.74, 6) is 0.854. The number of aryl methyl sites for hydroxylation is 1. The van der Waals surface area contributed by atoms with Crippen molar-refractivity contribution in [2.24, 2.45) is 5.73 Å². The van der Waals surface area contributed by atoms with Gasteiger partial charge < -0.3 is 5.73 Å². The smallest absolute Gasteiger partial charge is 0.182 e. The van der Waals surface area contributed by atoms with Gasteiger partial charge in [-0.15, -0.1) is 10.2 Å². The van der Waals surface area contributed by atoms with Gasteiger partial charge in [0.2, 0.25) is 0 Å². The lowest BCUT2D eigenvalue weighted by molar-refractivity contribution is 0.706. The summed E-state index contributed by atoms with van der Waals surface area (Å²) in [6.07, 6.45) is 4.27. The molecule has 1 atom stereocenters. The van der Waals surface area contributed by atoms with E-state index in [-0.39, 0.29) is 6.04 Å². The van der Waals surface area contributed by atoms with E-state index in [2.05, 4.69) is 15.2 Å². The Labute approximate surface area is 111 Å². The van der Waals surface area contributed by atoms with E-state index >= 15 is 0 Å². The van der Waals surface area contributed by atoms with Gasteiger partial charge in [-0.1, -0.05) is 30.3 Å². The van der Waals surface area contributed by atoms with Crippen LogP contribution in [0.25, 0.3) is 5.65 Å². The number of fused-ring (bicyclic) bond motifs is 1. The van der Waals surface area contributed by atoms with E-state index in [1.54, 1.807) is 6.20 Å². The van der Waals surface area contributed by atoms with Crippen LogP contribution < -0.4 is 5.73 Å². The molecule has 0 saturated carbocycles. The standard InChI is InChI=1S/C14H15N5/c1-10-17-18-14-13(16-7-8-19(10)14)9-12(15)11-5-3-2-4-6-11/h2-8,12H,9,15H2,1H3. The van der Waals surface area contributed by atoms with Crippen LogP contribution in [0.1, 0.15) is 23.1 Å². The SMILES string of the molecule is Cc1nnc2c(CC(N)c3ccccc3)nccn12. The maximum absolute atomic E-state index is 6.23. The first-order valence-electron chi connectivity index (χ1n) is 6.21. The second-order valence-corrected chi connectivity index (χ2v) is 4.54. The predicted octanol–water partition coefficient (Wildman–Crippen LogP) is 1.68. The number of nitrogens with zero attached hydrogens (tertiary/aromatic N) is 4. The van der Waals surface area contributed by atoms with E-state index in [1.165, 1.54) is 0 Å². The van der Waals surface area contributed by atoms with Gasteiger partial charge in [0.1, 0.15) is 5.82 Å². The van der Waals surface area contributed by atoms with E-state index in [9.17, 15) is 0 Å². The zero-order chi connectivity index (χ0) is 13.2. The van der Waals surface area contributed by atoms with Gasteiger partial charge in [0, 0.05) is 24.9 Å². The molecule has 0 spiro atoms. The van der Waals surface area contributed by atoms with Gasteiger partial charge in [-0.2, -0.15) is 0 Å². The van der Waals surface area contributed by atoms with E-state index in [1.807, 2.05) is 47.9 Å². The normalized spacial score (nSPS) is 12.7. The molecule has 0 fully saturated rings. The lowest BCUT2D eigenvalue weighted by Gasteiger charge is -2.11. The highest BCUT2D eigenvalue weighted by molar-refractivity contribution is 5.44. The molecule has 1 unspecified atom stereocenters. The van der Waals surface area contributed by atoms with Crippen LogP contribution in [0.15, 0.2) is 42.7 Å². The average Bonchev–Trinajstić information content (AvgIpc) is 2.83. The predicted molar refractivity (Wildman–Crippen MR) is 72.6 cm³/mol. The Kier molecular flexibility index (Phi) is 2.97. The molecule has 0 radical (unpaired) electrons. The minimum absolute atomic E-state index is 0.0862. The maximum atomic E-state index is 6.23.